The van der Waals surface area contributed by atoms with Crippen molar-refractivity contribution in [3.8, 4) is 5.75 Å². The van der Waals surface area contributed by atoms with Crippen LogP contribution < -0.4 is 21.1 Å². The van der Waals surface area contributed by atoms with Gasteiger partial charge in [0.2, 0.25) is 5.91 Å². The van der Waals surface area contributed by atoms with Gasteiger partial charge in [0.05, 0.1) is 17.9 Å². The number of likely N-dealkylation sites (tertiary alicyclic amines) is 1. The Hall–Kier alpha value is -2.80. The fourth-order valence-electron chi connectivity index (χ4n) is 3.53. The van der Waals surface area contributed by atoms with Crippen LogP contribution in [0.5, 0.6) is 5.75 Å². The maximum atomic E-state index is 12.4. The second-order valence-corrected chi connectivity index (χ2v) is 7.67. The summed E-state index contributed by atoms with van der Waals surface area (Å²) in [7, 11) is 1.82. The normalized spacial score (nSPS) is 20.1. The number of carbonyl (C=O) groups is 1. The molecule has 1 aromatic carbocycles. The predicted octanol–water partition coefficient (Wildman–Crippen LogP) is 3.13. The van der Waals surface area contributed by atoms with E-state index in [1.807, 2.05) is 25.3 Å². The Bertz CT molecular complexity index is 815. The molecule has 7 heteroatoms. The van der Waals surface area contributed by atoms with Crippen LogP contribution in [0.4, 0.5) is 11.4 Å². The van der Waals surface area contributed by atoms with Gasteiger partial charge in [0, 0.05) is 25.7 Å². The first-order valence-corrected chi connectivity index (χ1v) is 10.2. The number of rotatable bonds is 6. The van der Waals surface area contributed by atoms with Gasteiger partial charge in [-0.15, -0.1) is 0 Å². The summed E-state index contributed by atoms with van der Waals surface area (Å²) in [4.78, 5) is 19.0. The van der Waals surface area contributed by atoms with Crippen molar-refractivity contribution < 1.29 is 9.53 Å². The molecule has 2 aliphatic heterocycles. The van der Waals surface area contributed by atoms with E-state index in [0.29, 0.717) is 30.2 Å². The van der Waals surface area contributed by atoms with Crippen molar-refractivity contribution in [3.05, 3.63) is 41.9 Å². The average molecular weight is 398 g/mol. The number of ether oxygens (including phenoxy) is 1. The second-order valence-electron chi connectivity index (χ2n) is 7.67. The third-order valence-corrected chi connectivity index (χ3v) is 5.26. The number of nitrogens with two attached hydrogens (primary N) is 1. The van der Waals surface area contributed by atoms with Gasteiger partial charge in [0.1, 0.15) is 17.3 Å². The van der Waals surface area contributed by atoms with Crippen LogP contribution in [0.2, 0.25) is 0 Å². The first kappa shape index (κ1) is 20.9. The van der Waals surface area contributed by atoms with E-state index in [9.17, 15) is 4.79 Å². The number of allylic oxidation sites excluding steroid dienone is 2. The number of hydrogen-bond acceptors (Lipinski definition) is 6. The van der Waals surface area contributed by atoms with E-state index in [0.717, 1.165) is 43.3 Å². The Morgan fingerprint density at radius 2 is 2.21 bits per heavy atom. The number of aliphatic imine (C=N–C) groups is 1. The third-order valence-electron chi connectivity index (χ3n) is 5.26. The summed E-state index contributed by atoms with van der Waals surface area (Å²) in [5.41, 5.74) is 7.47. The van der Waals surface area contributed by atoms with Gasteiger partial charge in [0.25, 0.3) is 0 Å². The van der Waals surface area contributed by atoms with Crippen LogP contribution in [0, 0.1) is 5.92 Å². The molecule has 1 unspecified atom stereocenters. The van der Waals surface area contributed by atoms with Crippen molar-refractivity contribution >= 4 is 23.5 Å². The highest BCUT2D eigenvalue weighted by molar-refractivity contribution is 5.81. The Kier molecular flexibility index (Phi) is 7.30. The lowest BCUT2D eigenvalue weighted by atomic mass is 10.0. The lowest BCUT2D eigenvalue weighted by molar-refractivity contribution is -0.121. The lowest BCUT2D eigenvalue weighted by Crippen LogP contribution is -2.37. The summed E-state index contributed by atoms with van der Waals surface area (Å²) < 4.78 is 5.91. The first-order valence-electron chi connectivity index (χ1n) is 10.2. The number of nitrogen functional groups attached to an aromatic ring is 1. The molecular formula is C22H31N5O2. The number of hydrogen-bond donors (Lipinski definition) is 3. The summed E-state index contributed by atoms with van der Waals surface area (Å²) in [6.45, 7) is 4.65. The van der Waals surface area contributed by atoms with Gasteiger partial charge in [0.15, 0.2) is 0 Å². The van der Waals surface area contributed by atoms with Gasteiger partial charge in [-0.2, -0.15) is 0 Å². The molecule has 1 saturated heterocycles. The van der Waals surface area contributed by atoms with Gasteiger partial charge in [-0.1, -0.05) is 6.92 Å². The standard InChI is InChI=1S/C22H31N5O2/c1-16-4-3-12-27(13-10-16)15-22(28)26-21-8-6-17(9-11-25-21)29-18-5-7-20(24-2)19(23)14-18/h5,7-9,11,14,16,24H,3-4,6,10,12-13,15,23H2,1-2H3,(H,26,28). The predicted molar refractivity (Wildman–Crippen MR) is 118 cm³/mol. The SMILES string of the molecule is CNc1ccc(OC2=CC=NC(NC(=O)CN3CCCC(C)CC3)=CC2)cc1N. The molecule has 0 spiro atoms. The highest BCUT2D eigenvalue weighted by Gasteiger charge is 2.17. The quantitative estimate of drug-likeness (QED) is 0.642. The van der Waals surface area contributed by atoms with Crippen molar-refractivity contribution in [2.45, 2.75) is 32.6 Å². The van der Waals surface area contributed by atoms with E-state index in [4.69, 9.17) is 10.5 Å². The zero-order valence-corrected chi connectivity index (χ0v) is 17.3. The van der Waals surface area contributed by atoms with Gasteiger partial charge in [-0.25, -0.2) is 4.99 Å². The van der Waals surface area contributed by atoms with Crippen molar-refractivity contribution in [2.24, 2.45) is 10.9 Å². The third kappa shape index (κ3) is 6.35. The van der Waals surface area contributed by atoms with Gasteiger partial charge in [-0.05, 0) is 62.6 Å². The number of amides is 1. The molecule has 0 aliphatic carbocycles. The molecule has 0 radical (unpaired) electrons. The zero-order valence-electron chi connectivity index (χ0n) is 17.3. The molecule has 156 valence electrons. The monoisotopic (exact) mass is 397 g/mol. The molecule has 1 fully saturated rings. The Labute approximate surface area is 172 Å². The molecule has 7 nitrogen and oxygen atoms in total. The number of nitrogens with zero attached hydrogens (tertiary/aromatic N) is 2. The van der Waals surface area contributed by atoms with Crippen LogP contribution in [-0.2, 0) is 4.79 Å². The molecular weight excluding hydrogens is 366 g/mol. The number of nitrogens with one attached hydrogen (secondary N) is 2. The fraction of sp³-hybridized carbons (Fsp3) is 0.455. The molecule has 0 aromatic heterocycles. The maximum absolute atomic E-state index is 12.4. The molecule has 1 atom stereocenters. The van der Waals surface area contributed by atoms with Crippen molar-refractivity contribution in [3.63, 3.8) is 0 Å². The average Bonchev–Trinajstić information content (AvgIpc) is 3.03. The van der Waals surface area contributed by atoms with Crippen LogP contribution >= 0.6 is 0 Å². The van der Waals surface area contributed by atoms with Gasteiger partial charge in [-0.3, -0.25) is 9.69 Å². The van der Waals surface area contributed by atoms with Gasteiger partial charge >= 0.3 is 0 Å². The number of benzene rings is 1. The summed E-state index contributed by atoms with van der Waals surface area (Å²) in [5, 5.41) is 5.94. The Morgan fingerprint density at radius 3 is 3.00 bits per heavy atom. The molecule has 3 rings (SSSR count). The van der Waals surface area contributed by atoms with Crippen LogP contribution in [0.15, 0.2) is 46.9 Å². The largest absolute Gasteiger partial charge is 0.461 e. The molecule has 1 aromatic rings. The van der Waals surface area contributed by atoms with E-state index < -0.39 is 0 Å². The highest BCUT2D eigenvalue weighted by atomic mass is 16.5. The number of carbonyl (C=O) groups excluding carboxylic acids is 1. The molecule has 4 N–H and O–H groups in total. The van der Waals surface area contributed by atoms with E-state index >= 15 is 0 Å². The highest BCUT2D eigenvalue weighted by Crippen LogP contribution is 2.26. The molecule has 2 aliphatic rings. The Balaban J connectivity index is 1.51. The summed E-state index contributed by atoms with van der Waals surface area (Å²) >= 11 is 0. The van der Waals surface area contributed by atoms with E-state index in [1.54, 1.807) is 18.4 Å². The first-order chi connectivity index (χ1) is 14.0. The van der Waals surface area contributed by atoms with Crippen molar-refractivity contribution in [1.82, 2.24) is 10.2 Å². The lowest BCUT2D eigenvalue weighted by Gasteiger charge is -2.19. The van der Waals surface area contributed by atoms with E-state index in [-0.39, 0.29) is 5.91 Å². The maximum Gasteiger partial charge on any atom is 0.239 e. The Morgan fingerprint density at radius 1 is 1.34 bits per heavy atom. The zero-order chi connectivity index (χ0) is 20.6. The minimum absolute atomic E-state index is 0.0252. The van der Waals surface area contributed by atoms with Crippen LogP contribution in [-0.4, -0.2) is 43.7 Å². The minimum Gasteiger partial charge on any atom is -0.461 e. The molecule has 29 heavy (non-hydrogen) atoms. The molecule has 0 saturated carbocycles. The molecule has 1 amide bonds. The number of anilines is 2. The fourth-order valence-corrected chi connectivity index (χ4v) is 3.53. The van der Waals surface area contributed by atoms with Crippen molar-refractivity contribution in [1.29, 1.82) is 0 Å². The smallest absolute Gasteiger partial charge is 0.239 e. The van der Waals surface area contributed by atoms with Gasteiger partial charge < -0.3 is 21.1 Å². The van der Waals surface area contributed by atoms with Crippen LogP contribution in [0.1, 0.15) is 32.6 Å². The second kappa shape index (κ2) is 10.1. The van der Waals surface area contributed by atoms with E-state index in [2.05, 4.69) is 27.4 Å². The topological polar surface area (TPSA) is 92.0 Å². The minimum atomic E-state index is -0.0252. The van der Waals surface area contributed by atoms with E-state index in [1.165, 1.54) is 6.42 Å². The molecule has 0 bridgehead atoms. The summed E-state index contributed by atoms with van der Waals surface area (Å²) in [6.07, 6.45) is 9.39. The summed E-state index contributed by atoms with van der Waals surface area (Å²) in [5.74, 6) is 2.67. The molecule has 2 heterocycles. The summed E-state index contributed by atoms with van der Waals surface area (Å²) in [6, 6.07) is 5.52. The van der Waals surface area contributed by atoms with Crippen LogP contribution in [0.25, 0.3) is 0 Å². The van der Waals surface area contributed by atoms with Crippen LogP contribution in [0.3, 0.4) is 0 Å². The van der Waals surface area contributed by atoms with Crippen molar-refractivity contribution in [2.75, 3.05) is 37.7 Å².